The fourth-order valence-electron chi connectivity index (χ4n) is 2.57. The van der Waals surface area contributed by atoms with Crippen molar-refractivity contribution in [2.24, 2.45) is 0 Å². The van der Waals surface area contributed by atoms with Gasteiger partial charge in [0, 0.05) is 6.04 Å². The second-order valence-electron chi connectivity index (χ2n) is 5.70. The van der Waals surface area contributed by atoms with Gasteiger partial charge in [0.2, 0.25) is 0 Å². The van der Waals surface area contributed by atoms with Crippen LogP contribution in [-0.2, 0) is 9.84 Å². The average molecular weight is 290 g/mol. The van der Waals surface area contributed by atoms with E-state index in [2.05, 4.69) is 24.2 Å². The molecule has 4 nitrogen and oxygen atoms in total. The highest BCUT2D eigenvalue weighted by atomic mass is 32.2. The predicted molar refractivity (Wildman–Crippen MR) is 81.3 cm³/mol. The molecule has 1 aliphatic heterocycles. The second-order valence-corrected chi connectivity index (χ2v) is 7.93. The molecule has 19 heavy (non-hydrogen) atoms. The van der Waals surface area contributed by atoms with Gasteiger partial charge in [0.05, 0.1) is 11.5 Å². The van der Waals surface area contributed by atoms with Crippen molar-refractivity contribution in [2.45, 2.75) is 51.5 Å². The van der Waals surface area contributed by atoms with Crippen LogP contribution in [0.3, 0.4) is 0 Å². The molecule has 5 heteroatoms. The SMILES string of the molecule is CCCNCCCCCCN(C)C1CCS(=O)(=O)C1. The zero-order chi connectivity index (χ0) is 14.1. The lowest BCUT2D eigenvalue weighted by Gasteiger charge is -2.22. The van der Waals surface area contributed by atoms with Gasteiger partial charge in [0.25, 0.3) is 0 Å². The number of nitrogens with one attached hydrogen (secondary N) is 1. The standard InChI is InChI=1S/C14H30N2O2S/c1-3-9-15-10-6-4-5-7-11-16(2)14-8-12-19(17,18)13-14/h14-15H,3-13H2,1-2H3. The van der Waals surface area contributed by atoms with E-state index in [0.29, 0.717) is 11.5 Å². The first kappa shape index (κ1) is 16.9. The Labute approximate surface area is 118 Å². The quantitative estimate of drug-likeness (QED) is 0.622. The van der Waals surface area contributed by atoms with Crippen molar-refractivity contribution in [3.8, 4) is 0 Å². The summed E-state index contributed by atoms with van der Waals surface area (Å²) in [5.41, 5.74) is 0. The Morgan fingerprint density at radius 3 is 2.53 bits per heavy atom. The van der Waals surface area contributed by atoms with E-state index in [4.69, 9.17) is 0 Å². The second kappa shape index (κ2) is 8.93. The maximum Gasteiger partial charge on any atom is 0.151 e. The molecule has 1 saturated heterocycles. The molecule has 1 atom stereocenters. The highest BCUT2D eigenvalue weighted by Gasteiger charge is 2.30. The molecule has 0 aromatic carbocycles. The van der Waals surface area contributed by atoms with Crippen LogP contribution >= 0.6 is 0 Å². The maximum absolute atomic E-state index is 11.4. The molecule has 1 fully saturated rings. The molecule has 1 aliphatic rings. The third-order valence-electron chi connectivity index (χ3n) is 3.87. The fourth-order valence-corrected chi connectivity index (χ4v) is 4.38. The van der Waals surface area contributed by atoms with E-state index in [1.54, 1.807) is 0 Å². The monoisotopic (exact) mass is 290 g/mol. The summed E-state index contributed by atoms with van der Waals surface area (Å²) in [5.74, 6) is 0.746. The Balaban J connectivity index is 1.97. The topological polar surface area (TPSA) is 49.4 Å². The normalized spacial score (nSPS) is 22.2. The molecule has 0 spiro atoms. The summed E-state index contributed by atoms with van der Waals surface area (Å²) in [6, 6.07) is 0.260. The third-order valence-corrected chi connectivity index (χ3v) is 5.62. The van der Waals surface area contributed by atoms with Crippen molar-refractivity contribution in [1.82, 2.24) is 10.2 Å². The summed E-state index contributed by atoms with van der Waals surface area (Å²) >= 11 is 0. The number of unbranched alkanes of at least 4 members (excludes halogenated alkanes) is 3. The molecule has 1 unspecified atom stereocenters. The van der Waals surface area contributed by atoms with E-state index < -0.39 is 9.84 Å². The van der Waals surface area contributed by atoms with Gasteiger partial charge in [-0.2, -0.15) is 0 Å². The molecule has 0 radical (unpaired) electrons. The Hall–Kier alpha value is -0.130. The summed E-state index contributed by atoms with van der Waals surface area (Å²) < 4.78 is 22.8. The van der Waals surface area contributed by atoms with Crippen LogP contribution in [0, 0.1) is 0 Å². The summed E-state index contributed by atoms with van der Waals surface area (Å²) in [4.78, 5) is 2.24. The minimum absolute atomic E-state index is 0.260. The van der Waals surface area contributed by atoms with Crippen LogP contribution in [0.5, 0.6) is 0 Å². The summed E-state index contributed by atoms with van der Waals surface area (Å²) in [6.45, 7) is 5.47. The Bertz CT molecular complexity index is 330. The Kier molecular flexibility index (Phi) is 7.95. The van der Waals surface area contributed by atoms with E-state index >= 15 is 0 Å². The Morgan fingerprint density at radius 2 is 1.89 bits per heavy atom. The molecular weight excluding hydrogens is 260 g/mol. The van der Waals surface area contributed by atoms with Gasteiger partial charge in [-0.25, -0.2) is 8.42 Å². The number of hydrogen-bond donors (Lipinski definition) is 1. The van der Waals surface area contributed by atoms with Gasteiger partial charge in [-0.05, 0) is 52.4 Å². The van der Waals surface area contributed by atoms with Gasteiger partial charge in [-0.15, -0.1) is 0 Å². The lowest BCUT2D eigenvalue weighted by atomic mass is 10.1. The fraction of sp³-hybridized carbons (Fsp3) is 1.00. The van der Waals surface area contributed by atoms with Crippen molar-refractivity contribution in [3.63, 3.8) is 0 Å². The van der Waals surface area contributed by atoms with Crippen LogP contribution in [0.15, 0.2) is 0 Å². The van der Waals surface area contributed by atoms with E-state index in [9.17, 15) is 8.42 Å². The average Bonchev–Trinajstić information content (AvgIpc) is 2.73. The molecule has 0 bridgehead atoms. The zero-order valence-electron chi connectivity index (χ0n) is 12.5. The molecule has 0 aliphatic carbocycles. The summed E-state index contributed by atoms with van der Waals surface area (Å²) in [6.07, 6.45) is 6.97. The first-order valence-corrected chi connectivity index (χ1v) is 9.48. The maximum atomic E-state index is 11.4. The summed E-state index contributed by atoms with van der Waals surface area (Å²) in [5, 5.41) is 3.41. The number of hydrogen-bond acceptors (Lipinski definition) is 4. The lowest BCUT2D eigenvalue weighted by molar-refractivity contribution is 0.256. The van der Waals surface area contributed by atoms with Gasteiger partial charge >= 0.3 is 0 Å². The third kappa shape index (κ3) is 7.28. The highest BCUT2D eigenvalue weighted by molar-refractivity contribution is 7.91. The first-order chi connectivity index (χ1) is 9.05. The van der Waals surface area contributed by atoms with Crippen molar-refractivity contribution in [3.05, 3.63) is 0 Å². The minimum atomic E-state index is -2.74. The van der Waals surface area contributed by atoms with E-state index in [0.717, 1.165) is 26.1 Å². The number of rotatable bonds is 10. The Morgan fingerprint density at radius 1 is 1.16 bits per heavy atom. The van der Waals surface area contributed by atoms with E-state index in [-0.39, 0.29) is 6.04 Å². The molecule has 1 heterocycles. The first-order valence-electron chi connectivity index (χ1n) is 7.66. The van der Waals surface area contributed by atoms with Gasteiger partial charge in [-0.3, -0.25) is 0 Å². The van der Waals surface area contributed by atoms with Gasteiger partial charge in [0.1, 0.15) is 0 Å². The zero-order valence-corrected chi connectivity index (χ0v) is 13.3. The van der Waals surface area contributed by atoms with Crippen LogP contribution in [0.2, 0.25) is 0 Å². The molecule has 0 aromatic heterocycles. The van der Waals surface area contributed by atoms with Crippen molar-refractivity contribution in [2.75, 3.05) is 38.2 Å². The molecule has 0 amide bonds. The predicted octanol–water partition coefficient (Wildman–Crippen LogP) is 1.67. The number of sulfone groups is 1. The van der Waals surface area contributed by atoms with Crippen LogP contribution in [0.25, 0.3) is 0 Å². The number of nitrogens with zero attached hydrogens (tertiary/aromatic N) is 1. The highest BCUT2D eigenvalue weighted by Crippen LogP contribution is 2.17. The molecule has 114 valence electrons. The largest absolute Gasteiger partial charge is 0.317 e. The van der Waals surface area contributed by atoms with Crippen molar-refractivity contribution >= 4 is 9.84 Å². The summed E-state index contributed by atoms with van der Waals surface area (Å²) in [7, 11) is -0.675. The van der Waals surface area contributed by atoms with Crippen LogP contribution in [0.4, 0.5) is 0 Å². The van der Waals surface area contributed by atoms with Crippen molar-refractivity contribution < 1.29 is 8.42 Å². The molecule has 1 rings (SSSR count). The van der Waals surface area contributed by atoms with Gasteiger partial charge in [0.15, 0.2) is 9.84 Å². The van der Waals surface area contributed by atoms with Crippen LogP contribution in [-0.4, -0.2) is 57.5 Å². The lowest BCUT2D eigenvalue weighted by Crippen LogP contribution is -2.33. The van der Waals surface area contributed by atoms with Crippen LogP contribution < -0.4 is 5.32 Å². The molecular formula is C14H30N2O2S. The minimum Gasteiger partial charge on any atom is -0.317 e. The molecule has 1 N–H and O–H groups in total. The van der Waals surface area contributed by atoms with Crippen molar-refractivity contribution in [1.29, 1.82) is 0 Å². The van der Waals surface area contributed by atoms with Gasteiger partial charge in [-0.1, -0.05) is 19.8 Å². The smallest absolute Gasteiger partial charge is 0.151 e. The molecule has 0 aromatic rings. The van der Waals surface area contributed by atoms with Gasteiger partial charge < -0.3 is 10.2 Å². The van der Waals surface area contributed by atoms with Crippen LogP contribution in [0.1, 0.15) is 45.4 Å². The van der Waals surface area contributed by atoms with E-state index in [1.165, 1.54) is 32.1 Å². The molecule has 0 saturated carbocycles. The van der Waals surface area contributed by atoms with E-state index in [1.807, 2.05) is 0 Å².